The molecule has 10 atom stereocenters. The Morgan fingerprint density at radius 2 is 0.873 bits per heavy atom. The average Bonchev–Trinajstić information content (AvgIpc) is 1.45. The van der Waals surface area contributed by atoms with E-state index in [4.69, 9.17) is 96.8 Å². The van der Waals surface area contributed by atoms with E-state index < -0.39 is 152 Å². The molecule has 2 saturated heterocycles. The summed E-state index contributed by atoms with van der Waals surface area (Å²) in [6.45, 7) is 12.3. The lowest BCUT2D eigenvalue weighted by Gasteiger charge is -2.41. The summed E-state index contributed by atoms with van der Waals surface area (Å²) in [7, 11) is -6.94. The Bertz CT molecular complexity index is 5640. The summed E-state index contributed by atoms with van der Waals surface area (Å²) in [5.74, 6) is -0.772. The van der Waals surface area contributed by atoms with Gasteiger partial charge in [-0.05, 0) is 138 Å². The second-order valence-electron chi connectivity index (χ2n) is 32.6. The van der Waals surface area contributed by atoms with Crippen LogP contribution in [0, 0.1) is 11.3 Å². The zero-order valence-electron chi connectivity index (χ0n) is 71.6. The Morgan fingerprint density at radius 1 is 0.500 bits per heavy atom. The lowest BCUT2D eigenvalue weighted by atomic mass is 9.80. The van der Waals surface area contributed by atoms with E-state index >= 15 is 0 Å². The van der Waals surface area contributed by atoms with E-state index in [1.54, 1.807) is 134 Å². The third kappa shape index (κ3) is 22.2. The summed E-state index contributed by atoms with van der Waals surface area (Å²) in [6.07, 6.45) is -7.12. The summed E-state index contributed by atoms with van der Waals surface area (Å²) < 4.78 is 111. The number of carbonyl (C=O) groups is 4. The van der Waals surface area contributed by atoms with Gasteiger partial charge in [0.15, 0.2) is 97.5 Å². The number of nitrogens with one attached hydrogen (secondary N) is 4. The number of nitriles is 1. The Balaban J connectivity index is 0.934. The summed E-state index contributed by atoms with van der Waals surface area (Å²) in [6, 6.07) is 61.3. The first-order chi connectivity index (χ1) is 60.3. The summed E-state index contributed by atoms with van der Waals surface area (Å²) in [5, 5.41) is 20.3. The molecule has 0 bridgehead atoms. The summed E-state index contributed by atoms with van der Waals surface area (Å²) >= 11 is 6.71. The highest BCUT2D eigenvalue weighted by molar-refractivity contribution is 8.07. The fourth-order valence-corrected chi connectivity index (χ4v) is 19.4. The first-order valence-corrected chi connectivity index (χ1v) is 50.4. The number of methoxy groups -OCH3 is 2. The average molecular weight is 1810 g/mol. The third-order valence-corrected chi connectivity index (χ3v) is 34.6. The summed E-state index contributed by atoms with van der Waals surface area (Å²) in [4.78, 5) is 96.7. The number of aromatic nitrogens is 8. The number of rotatable bonds is 39. The molecular weight excluding hydrogens is 1710 g/mol. The first kappa shape index (κ1) is 92.4. The molecule has 11 aromatic rings. The van der Waals surface area contributed by atoms with Gasteiger partial charge in [-0.15, -0.1) is 0 Å². The molecule has 7 aromatic carbocycles. The van der Waals surface area contributed by atoms with Crippen molar-refractivity contribution in [2.45, 2.75) is 138 Å². The number of hydrogen-bond donors (Lipinski definition) is 5. The number of amides is 4. The van der Waals surface area contributed by atoms with Crippen molar-refractivity contribution in [3.63, 3.8) is 0 Å². The molecule has 0 saturated carbocycles. The van der Waals surface area contributed by atoms with Crippen LogP contribution in [0.2, 0.25) is 36.3 Å². The molecule has 662 valence electrons. The quantitative estimate of drug-likeness (QED) is 0.0103. The number of fused-ring (bicyclic) bond motifs is 2. The van der Waals surface area contributed by atoms with Crippen molar-refractivity contribution in [2.24, 2.45) is 0 Å². The van der Waals surface area contributed by atoms with Gasteiger partial charge in [-0.25, -0.2) is 9.97 Å². The molecule has 2 fully saturated rings. The highest BCUT2D eigenvalue weighted by atomic mass is 32.5. The van der Waals surface area contributed by atoms with Crippen molar-refractivity contribution in [3.8, 4) is 40.6 Å². The minimum atomic E-state index is -4.54. The minimum absolute atomic E-state index is 0.00221. The number of imidazole rings is 2. The Kier molecular flexibility index (Phi) is 29.8. The van der Waals surface area contributed by atoms with Gasteiger partial charge in [0.1, 0.15) is 64.5 Å². The molecule has 4 aromatic heterocycles. The van der Waals surface area contributed by atoms with Crippen LogP contribution >= 0.6 is 14.7 Å². The lowest BCUT2D eigenvalue weighted by molar-refractivity contribution is -0.119. The maximum absolute atomic E-state index is 14.8. The van der Waals surface area contributed by atoms with Crippen molar-refractivity contribution >= 4 is 113 Å². The maximum Gasteiger partial charge on any atom is 0.327 e. The van der Waals surface area contributed by atoms with Crippen LogP contribution in [0.5, 0.6) is 34.5 Å². The van der Waals surface area contributed by atoms with Crippen LogP contribution in [0.1, 0.15) is 77.1 Å². The predicted octanol–water partition coefficient (Wildman–Crippen LogP) is 14.7. The van der Waals surface area contributed by atoms with Crippen LogP contribution in [-0.2, 0) is 77.8 Å². The van der Waals surface area contributed by atoms with Crippen molar-refractivity contribution in [1.82, 2.24) is 39.0 Å². The normalized spacial score (nSPS) is 18.6. The number of nitrogens with zero attached hydrogens (tertiary/aromatic N) is 9. The van der Waals surface area contributed by atoms with E-state index in [0.717, 1.165) is 0 Å². The first-order valence-electron chi connectivity index (χ1n) is 40.6. The lowest BCUT2D eigenvalue weighted by Crippen LogP contribution is -2.49. The molecule has 0 aliphatic carbocycles. The van der Waals surface area contributed by atoms with Crippen molar-refractivity contribution in [3.05, 3.63) is 230 Å². The van der Waals surface area contributed by atoms with E-state index in [2.05, 4.69) is 37.3 Å². The van der Waals surface area contributed by atoms with Gasteiger partial charge in [-0.3, -0.25) is 48.0 Å². The molecule has 38 heteroatoms. The predicted molar refractivity (Wildman–Crippen MR) is 479 cm³/mol. The highest BCUT2D eigenvalue weighted by Gasteiger charge is 2.57. The SMILES string of the molecule is COc1ccc(C(OC[C@H]2O[C@@H](n3cnc4c(NC(=O)COc5ccccc5)nc(NC(=O)COc5ccccc5)nc43)[C@H](O[Si](C)(C)C(C)(C)C)[C@@H]2OP(=S)(OCCC#N)OC[C@H]2O[C@@H](n3cnc4c(NC(=O)COc5ccccc5)nc(NC(=O)COc5ccccc5)nc43)[C@@H](O[Si](C)(C)C(C)(C)C)[C@@H]2[PH](=O)O)(c2ccccc2)c2ccc(OC)cc2)cc1. The number of carbonyl (C=O) groups excluding carboxylic acids is 4. The minimum Gasteiger partial charge on any atom is -0.497 e. The van der Waals surface area contributed by atoms with E-state index in [0.29, 0.717) is 51.2 Å². The second kappa shape index (κ2) is 40.6. The number of benzene rings is 7. The Hall–Kier alpha value is -11.2. The number of anilines is 4. The maximum atomic E-state index is 14.8. The monoisotopic (exact) mass is 1810 g/mol. The van der Waals surface area contributed by atoms with Crippen LogP contribution in [0.25, 0.3) is 22.3 Å². The van der Waals surface area contributed by atoms with Gasteiger partial charge in [0, 0.05) is 0 Å². The molecule has 2 aliphatic rings. The number of ether oxygens (including phenoxy) is 9. The van der Waals surface area contributed by atoms with Gasteiger partial charge in [0.2, 0.25) is 11.9 Å². The molecule has 2 aliphatic heterocycles. The van der Waals surface area contributed by atoms with Crippen LogP contribution in [-0.4, -0.2) is 181 Å². The van der Waals surface area contributed by atoms with E-state index in [1.807, 2.05) is 153 Å². The van der Waals surface area contributed by atoms with E-state index in [1.165, 1.54) is 17.2 Å². The Morgan fingerprint density at radius 3 is 1.26 bits per heavy atom. The number of hydrogen-bond acceptors (Lipinski definition) is 27. The molecule has 4 amide bonds. The smallest absolute Gasteiger partial charge is 0.327 e. The topological polar surface area (TPSA) is 394 Å². The number of para-hydroxylation sites is 4. The molecule has 33 nitrogen and oxygen atoms in total. The van der Waals surface area contributed by atoms with Gasteiger partial charge in [0.25, 0.3) is 23.6 Å². The van der Waals surface area contributed by atoms with Crippen LogP contribution in [0.4, 0.5) is 23.5 Å². The van der Waals surface area contributed by atoms with Crippen LogP contribution in [0.15, 0.2) is 213 Å². The zero-order chi connectivity index (χ0) is 89.6. The largest absolute Gasteiger partial charge is 0.497 e. The zero-order valence-corrected chi connectivity index (χ0v) is 76.3. The molecule has 126 heavy (non-hydrogen) atoms. The van der Waals surface area contributed by atoms with Crippen molar-refractivity contribution in [2.75, 3.05) is 81.7 Å². The fourth-order valence-electron chi connectivity index (χ4n) is 13.6. The van der Waals surface area contributed by atoms with Gasteiger partial charge >= 0.3 is 6.72 Å². The van der Waals surface area contributed by atoms with Crippen LogP contribution in [0.3, 0.4) is 0 Å². The fraction of sp³-hybridized carbons (Fsp3) is 0.352. The van der Waals surface area contributed by atoms with Crippen LogP contribution < -0.4 is 49.7 Å². The standard InChI is InChI=1S/C88H101N13O20P2SSi2/c1-86(2,3)125(9,10)120-75-74(119-123(124,115-48-28-47-89)116-50-67-77(122(106)107)76(121-126(11,12)87(4,5)6)83(118-67)101-56-91-73-79(93-69(103)52-111-63-33-22-15-23-34-63)97-85(99-81(73)101)95-71(105)54-113-65-37-26-17-27-38-65)66(49-114-88(57-29-18-13-19-30-57,58-39-43-60(108-7)44-40-58)59-41-45-61(109-8)46-42-59)117-82(75)100-55-90-72-78(92-68(102)51-110-62-31-20-14-21-32-62)96-84(98-80(72)100)94-70(104)53-112-64-35-24-16-25-36-64/h13-27,29-46,55-56,66-67,74-77,82-83,122H,28,48-54H2,1-12H3,(H,106,107)(H2,92,94,96,98,102,104)(H2,93,95,97,99,103,105)/t66-,67-,74-,75-,76+,77-,82-,83-,123?/m1/s1. The third-order valence-electron chi connectivity index (χ3n) is 22.0. The summed E-state index contributed by atoms with van der Waals surface area (Å²) in [5.41, 5.74) is -0.982. The van der Waals surface area contributed by atoms with Crippen molar-refractivity contribution < 1.29 is 93.7 Å². The van der Waals surface area contributed by atoms with Gasteiger partial charge in [0.05, 0.1) is 70.9 Å². The second-order valence-corrected chi connectivity index (χ2v) is 46.4. The molecular formula is C88H101N13O20P2SSi2. The van der Waals surface area contributed by atoms with E-state index in [9.17, 15) is 33.9 Å². The highest BCUT2D eigenvalue weighted by Crippen LogP contribution is 2.58. The van der Waals surface area contributed by atoms with Gasteiger partial charge in [-0.1, -0.05) is 169 Å². The molecule has 5 N–H and O–H groups in total. The van der Waals surface area contributed by atoms with Gasteiger partial charge in [-0.2, -0.15) is 25.2 Å². The van der Waals surface area contributed by atoms with Gasteiger partial charge < -0.3 is 76.1 Å². The van der Waals surface area contributed by atoms with E-state index in [-0.39, 0.29) is 65.5 Å². The molecule has 0 radical (unpaired) electrons. The molecule has 6 heterocycles. The Labute approximate surface area is 736 Å². The molecule has 13 rings (SSSR count). The molecule has 2 unspecified atom stereocenters. The molecule has 0 spiro atoms. The van der Waals surface area contributed by atoms with Crippen molar-refractivity contribution in [1.29, 1.82) is 5.26 Å².